The molecule has 4 amide bonds. The lowest BCUT2D eigenvalue weighted by Crippen LogP contribution is -2.44. The van der Waals surface area contributed by atoms with Crippen molar-refractivity contribution < 1.29 is 19.2 Å². The monoisotopic (exact) mass is 628 g/mol. The van der Waals surface area contributed by atoms with Gasteiger partial charge in [0.2, 0.25) is 0 Å². The molecule has 0 bridgehead atoms. The highest BCUT2D eigenvalue weighted by atomic mass is 16.2. The van der Waals surface area contributed by atoms with Crippen LogP contribution in [0.5, 0.6) is 0 Å². The number of imide groups is 2. The van der Waals surface area contributed by atoms with Gasteiger partial charge in [0, 0.05) is 77.0 Å². The molecule has 7 rings (SSSR count). The Hall–Kier alpha value is -5.19. The molecular weight excluding hydrogens is 592 g/mol. The molecule has 47 heavy (non-hydrogen) atoms. The van der Waals surface area contributed by atoms with Gasteiger partial charge in [0.1, 0.15) is 0 Å². The lowest BCUT2D eigenvalue weighted by atomic mass is 9.90. The largest absolute Gasteiger partial charge is 0.315 e. The van der Waals surface area contributed by atoms with Crippen molar-refractivity contribution in [3.05, 3.63) is 107 Å². The number of carbonyl (C=O) groups is 4. The first-order valence-corrected chi connectivity index (χ1v) is 16.2. The first kappa shape index (κ1) is 30.5. The lowest BCUT2D eigenvalue weighted by molar-refractivity contribution is 0.0597. The van der Waals surface area contributed by atoms with Crippen LogP contribution in [0.4, 0.5) is 0 Å². The molecule has 238 valence electrons. The van der Waals surface area contributed by atoms with Gasteiger partial charge in [-0.3, -0.25) is 29.0 Å². The van der Waals surface area contributed by atoms with E-state index in [1.807, 2.05) is 59.3 Å². The molecule has 5 aromatic rings. The Morgan fingerprint density at radius 1 is 0.638 bits per heavy atom. The standard InChI is InChI=1S/C37H36N6O4/c1-2-6-24-11-12-29-32-25(24)7-3-9-27(32)34(44)42(36(29)46)21-18-38-15-5-16-39-19-22-43-35(45)28-10-4-8-26-31(41-20-17-40-23-41)14-13-30(33(26)28)37(43)47/h3-4,7-14,17,20,23,38-39H,2,5-6,15-16,18-19,21-22H2,1H3. The molecule has 0 saturated heterocycles. The van der Waals surface area contributed by atoms with Crippen LogP contribution in [0.15, 0.2) is 79.4 Å². The second-order valence-electron chi connectivity index (χ2n) is 12.0. The fourth-order valence-electron chi connectivity index (χ4n) is 6.83. The molecular formula is C37H36N6O4. The number of aromatic nitrogens is 2. The maximum absolute atomic E-state index is 13.4. The SMILES string of the molecule is CCCc1ccc2c3c(cccc13)C(=O)N(CCNCCCNCCN1C(=O)c3cccc4c(-n5ccnc5)ccc(c34)C1=O)C2=O. The van der Waals surface area contributed by atoms with Crippen LogP contribution in [0.3, 0.4) is 0 Å². The second-order valence-corrected chi connectivity index (χ2v) is 12.0. The molecule has 1 aromatic heterocycles. The molecule has 4 aromatic carbocycles. The summed E-state index contributed by atoms with van der Waals surface area (Å²) < 4.78 is 1.87. The summed E-state index contributed by atoms with van der Waals surface area (Å²) in [5.74, 6) is -1.07. The molecule has 3 heterocycles. The molecule has 0 aliphatic carbocycles. The van der Waals surface area contributed by atoms with Crippen LogP contribution in [0.1, 0.15) is 66.8 Å². The van der Waals surface area contributed by atoms with E-state index >= 15 is 0 Å². The summed E-state index contributed by atoms with van der Waals surface area (Å²) in [6.45, 7) is 4.99. The highest BCUT2D eigenvalue weighted by molar-refractivity contribution is 6.27. The van der Waals surface area contributed by atoms with Gasteiger partial charge in [-0.05, 0) is 67.2 Å². The van der Waals surface area contributed by atoms with Crippen molar-refractivity contribution in [2.24, 2.45) is 0 Å². The van der Waals surface area contributed by atoms with Gasteiger partial charge >= 0.3 is 0 Å². The van der Waals surface area contributed by atoms with Crippen LogP contribution in [0.25, 0.3) is 27.2 Å². The van der Waals surface area contributed by atoms with Crippen LogP contribution in [0.2, 0.25) is 0 Å². The van der Waals surface area contributed by atoms with Gasteiger partial charge in [0.05, 0.1) is 12.0 Å². The smallest absolute Gasteiger partial charge is 0.261 e. The zero-order chi connectivity index (χ0) is 32.5. The number of amides is 4. The molecule has 10 nitrogen and oxygen atoms in total. The van der Waals surface area contributed by atoms with Crippen LogP contribution in [-0.2, 0) is 6.42 Å². The Balaban J connectivity index is 0.880. The van der Waals surface area contributed by atoms with Gasteiger partial charge in [-0.25, -0.2) is 4.98 Å². The van der Waals surface area contributed by atoms with E-state index in [0.717, 1.165) is 46.7 Å². The second kappa shape index (κ2) is 12.9. The number of carbonyl (C=O) groups excluding carboxylic acids is 4. The maximum Gasteiger partial charge on any atom is 0.261 e. The van der Waals surface area contributed by atoms with Gasteiger partial charge in [-0.15, -0.1) is 0 Å². The number of hydrogen-bond acceptors (Lipinski definition) is 7. The maximum atomic E-state index is 13.4. The van der Waals surface area contributed by atoms with E-state index in [0.29, 0.717) is 53.8 Å². The van der Waals surface area contributed by atoms with E-state index in [9.17, 15) is 19.2 Å². The van der Waals surface area contributed by atoms with Crippen LogP contribution in [-0.4, -0.2) is 82.2 Å². The van der Waals surface area contributed by atoms with Gasteiger partial charge in [0.15, 0.2) is 0 Å². The number of nitrogens with zero attached hydrogens (tertiary/aromatic N) is 4. The van der Waals surface area contributed by atoms with Crippen molar-refractivity contribution in [3.63, 3.8) is 0 Å². The zero-order valence-electron chi connectivity index (χ0n) is 26.3. The molecule has 0 saturated carbocycles. The van der Waals surface area contributed by atoms with Gasteiger partial charge in [-0.1, -0.05) is 43.7 Å². The molecule has 2 N–H and O–H groups in total. The third-order valence-corrected chi connectivity index (χ3v) is 9.08. The molecule has 10 heteroatoms. The lowest BCUT2D eigenvalue weighted by Gasteiger charge is -2.28. The van der Waals surface area contributed by atoms with Crippen LogP contribution < -0.4 is 10.6 Å². The molecule has 0 spiro atoms. The summed E-state index contributed by atoms with van der Waals surface area (Å²) in [5.41, 5.74) is 4.25. The summed E-state index contributed by atoms with van der Waals surface area (Å²) in [5, 5.41) is 9.94. The fourth-order valence-corrected chi connectivity index (χ4v) is 6.83. The zero-order valence-corrected chi connectivity index (χ0v) is 26.3. The number of aryl methyl sites for hydroxylation is 1. The summed E-state index contributed by atoms with van der Waals surface area (Å²) in [6, 6.07) is 18.8. The van der Waals surface area contributed by atoms with Crippen molar-refractivity contribution in [2.45, 2.75) is 26.2 Å². The van der Waals surface area contributed by atoms with Crippen molar-refractivity contribution >= 4 is 45.2 Å². The predicted octanol–water partition coefficient (Wildman–Crippen LogP) is 4.59. The highest BCUT2D eigenvalue weighted by Crippen LogP contribution is 2.34. The normalized spacial score (nSPS) is 14.2. The van der Waals surface area contributed by atoms with E-state index in [1.165, 1.54) is 9.80 Å². The van der Waals surface area contributed by atoms with Crippen LogP contribution >= 0.6 is 0 Å². The predicted molar refractivity (Wildman–Crippen MR) is 180 cm³/mol. The molecule has 2 aliphatic heterocycles. The minimum Gasteiger partial charge on any atom is -0.315 e. The molecule has 0 radical (unpaired) electrons. The van der Waals surface area contributed by atoms with E-state index in [1.54, 1.807) is 24.7 Å². The van der Waals surface area contributed by atoms with Crippen molar-refractivity contribution in [2.75, 3.05) is 39.3 Å². The number of nitrogens with one attached hydrogen (secondary N) is 2. The number of imidazole rings is 1. The Kier molecular flexibility index (Phi) is 8.36. The molecule has 0 atom stereocenters. The Labute approximate surface area is 272 Å². The van der Waals surface area contributed by atoms with Crippen molar-refractivity contribution in [1.29, 1.82) is 0 Å². The third-order valence-electron chi connectivity index (χ3n) is 9.08. The van der Waals surface area contributed by atoms with E-state index in [2.05, 4.69) is 22.5 Å². The number of hydrogen-bond donors (Lipinski definition) is 2. The number of rotatable bonds is 13. The Bertz CT molecular complexity index is 1990. The molecule has 0 fully saturated rings. The number of benzene rings is 4. The first-order valence-electron chi connectivity index (χ1n) is 16.2. The highest BCUT2D eigenvalue weighted by Gasteiger charge is 2.34. The minimum atomic E-state index is -0.290. The van der Waals surface area contributed by atoms with E-state index in [-0.39, 0.29) is 36.7 Å². The van der Waals surface area contributed by atoms with Crippen molar-refractivity contribution in [1.82, 2.24) is 30.0 Å². The summed E-state index contributed by atoms with van der Waals surface area (Å²) in [4.78, 5) is 60.1. The quantitative estimate of drug-likeness (QED) is 0.145. The molecule has 2 aliphatic rings. The molecule has 0 unspecified atom stereocenters. The van der Waals surface area contributed by atoms with Crippen LogP contribution in [0, 0.1) is 0 Å². The minimum absolute atomic E-state index is 0.246. The average molecular weight is 629 g/mol. The average Bonchev–Trinajstić information content (AvgIpc) is 3.63. The Morgan fingerprint density at radius 3 is 1.77 bits per heavy atom. The van der Waals surface area contributed by atoms with Gasteiger partial charge in [-0.2, -0.15) is 0 Å². The Morgan fingerprint density at radius 2 is 1.19 bits per heavy atom. The fraction of sp³-hybridized carbons (Fsp3) is 0.270. The van der Waals surface area contributed by atoms with E-state index < -0.39 is 0 Å². The first-order chi connectivity index (χ1) is 23.0. The van der Waals surface area contributed by atoms with Crippen molar-refractivity contribution in [3.8, 4) is 5.69 Å². The summed E-state index contributed by atoms with van der Waals surface area (Å²) >= 11 is 0. The topological polar surface area (TPSA) is 117 Å². The third kappa shape index (κ3) is 5.39. The van der Waals surface area contributed by atoms with Gasteiger partial charge < -0.3 is 15.2 Å². The van der Waals surface area contributed by atoms with E-state index in [4.69, 9.17) is 0 Å². The van der Waals surface area contributed by atoms with Gasteiger partial charge in [0.25, 0.3) is 23.6 Å². The summed E-state index contributed by atoms with van der Waals surface area (Å²) in [6.07, 6.45) is 7.92. The summed E-state index contributed by atoms with van der Waals surface area (Å²) in [7, 11) is 0.